The average Bonchev–Trinajstić information content (AvgIpc) is 2.08. The molecule has 1 amide bonds. The number of carbonyl (C=O) groups excluding carboxylic acids is 1. The summed E-state index contributed by atoms with van der Waals surface area (Å²) >= 11 is 0. The van der Waals surface area contributed by atoms with Crippen molar-refractivity contribution >= 4 is 5.91 Å². The molecule has 0 saturated carbocycles. The number of hydrogen-bond donors (Lipinski definition) is 3. The van der Waals surface area contributed by atoms with Crippen molar-refractivity contribution in [1.29, 1.82) is 0 Å². The van der Waals surface area contributed by atoms with Crippen molar-refractivity contribution in [1.82, 2.24) is 5.32 Å². The van der Waals surface area contributed by atoms with Gasteiger partial charge in [0.25, 0.3) is 0 Å². The summed E-state index contributed by atoms with van der Waals surface area (Å²) in [7, 11) is 0. The van der Waals surface area contributed by atoms with E-state index in [1.807, 2.05) is 27.7 Å². The van der Waals surface area contributed by atoms with Crippen LogP contribution in [-0.2, 0) is 4.79 Å². The molecule has 0 aromatic rings. The first-order valence-electron chi connectivity index (χ1n) is 4.64. The Kier molecular flexibility index (Phi) is 9.17. The fraction of sp³-hybridized carbons (Fsp3) is 0.889. The van der Waals surface area contributed by atoms with Crippen LogP contribution in [0.1, 0.15) is 34.1 Å². The Balaban J connectivity index is 0. The summed E-state index contributed by atoms with van der Waals surface area (Å²) in [6.07, 6.45) is 0.142. The van der Waals surface area contributed by atoms with Gasteiger partial charge in [0.15, 0.2) is 0 Å². The number of aliphatic hydroxyl groups is 1. The Bertz CT molecular complexity index is 136. The van der Waals surface area contributed by atoms with E-state index in [1.54, 1.807) is 0 Å². The van der Waals surface area contributed by atoms with Gasteiger partial charge in [-0.05, 0) is 13.8 Å². The van der Waals surface area contributed by atoms with Crippen molar-refractivity contribution in [3.05, 3.63) is 0 Å². The van der Waals surface area contributed by atoms with Crippen LogP contribution < -0.4 is 11.1 Å². The molecule has 0 radical (unpaired) electrons. The lowest BCUT2D eigenvalue weighted by Gasteiger charge is -2.23. The minimum Gasteiger partial charge on any atom is -0.396 e. The molecule has 0 bridgehead atoms. The van der Waals surface area contributed by atoms with E-state index >= 15 is 0 Å². The molecule has 0 rings (SSSR count). The summed E-state index contributed by atoms with van der Waals surface area (Å²) in [5.41, 5.74) is 5.00. The first kappa shape index (κ1) is 14.9. The monoisotopic (exact) mass is 190 g/mol. The first-order valence-corrected chi connectivity index (χ1v) is 4.64. The Morgan fingerprint density at radius 1 is 1.46 bits per heavy atom. The summed E-state index contributed by atoms with van der Waals surface area (Å²) in [4.78, 5) is 10.9. The molecule has 0 spiro atoms. The van der Waals surface area contributed by atoms with Crippen molar-refractivity contribution in [2.45, 2.75) is 39.7 Å². The molecule has 80 valence electrons. The summed E-state index contributed by atoms with van der Waals surface area (Å²) < 4.78 is 0. The van der Waals surface area contributed by atoms with E-state index in [2.05, 4.69) is 5.32 Å². The Hall–Kier alpha value is -0.610. The third-order valence-electron chi connectivity index (χ3n) is 1.33. The fourth-order valence-corrected chi connectivity index (χ4v) is 0.592. The molecule has 0 unspecified atom stereocenters. The summed E-state index contributed by atoms with van der Waals surface area (Å²) in [5.74, 6) is -0.164. The first-order chi connectivity index (χ1) is 6.02. The molecule has 0 heterocycles. The predicted molar refractivity (Wildman–Crippen MR) is 54.3 cm³/mol. The predicted octanol–water partition coefficient (Wildman–Crippen LogP) is 0.249. The molecule has 0 atom stereocenters. The van der Waals surface area contributed by atoms with Crippen molar-refractivity contribution in [2.75, 3.05) is 13.2 Å². The van der Waals surface area contributed by atoms with Gasteiger partial charge in [0, 0.05) is 18.5 Å². The van der Waals surface area contributed by atoms with Crippen LogP contribution in [0, 0.1) is 0 Å². The van der Waals surface area contributed by atoms with E-state index in [9.17, 15) is 4.79 Å². The summed E-state index contributed by atoms with van der Waals surface area (Å²) in [6, 6.07) is 0. The highest BCUT2D eigenvalue weighted by molar-refractivity contribution is 5.76. The minimum absolute atomic E-state index is 0.119. The highest BCUT2D eigenvalue weighted by Crippen LogP contribution is 1.98. The van der Waals surface area contributed by atoms with Crippen LogP contribution in [0.3, 0.4) is 0 Å². The zero-order chi connectivity index (χ0) is 10.9. The van der Waals surface area contributed by atoms with Crippen LogP contribution >= 0.6 is 0 Å². The van der Waals surface area contributed by atoms with Gasteiger partial charge < -0.3 is 16.2 Å². The van der Waals surface area contributed by atoms with Gasteiger partial charge in [-0.3, -0.25) is 4.79 Å². The molecule has 0 aromatic heterocycles. The van der Waals surface area contributed by atoms with Crippen LogP contribution in [0.5, 0.6) is 0 Å². The maximum Gasteiger partial charge on any atom is 0.222 e. The average molecular weight is 190 g/mol. The topological polar surface area (TPSA) is 75.3 Å². The van der Waals surface area contributed by atoms with E-state index in [4.69, 9.17) is 10.8 Å². The Morgan fingerprint density at radius 3 is 2.23 bits per heavy atom. The van der Waals surface area contributed by atoms with E-state index < -0.39 is 0 Å². The molecular formula is C9H22N2O2. The van der Waals surface area contributed by atoms with E-state index in [0.29, 0.717) is 6.54 Å². The maximum absolute atomic E-state index is 10.9. The molecule has 0 aliphatic heterocycles. The number of aliphatic hydroxyl groups excluding tert-OH is 1. The lowest BCUT2D eigenvalue weighted by Crippen LogP contribution is -2.48. The van der Waals surface area contributed by atoms with Crippen LogP contribution in [0.25, 0.3) is 0 Å². The van der Waals surface area contributed by atoms with E-state index in [0.717, 1.165) is 0 Å². The number of hydrogen-bond acceptors (Lipinski definition) is 3. The van der Waals surface area contributed by atoms with Crippen LogP contribution in [-0.4, -0.2) is 29.7 Å². The molecular weight excluding hydrogens is 168 g/mol. The van der Waals surface area contributed by atoms with Gasteiger partial charge in [0.05, 0.1) is 6.61 Å². The van der Waals surface area contributed by atoms with Crippen molar-refractivity contribution in [2.24, 2.45) is 5.73 Å². The maximum atomic E-state index is 10.9. The molecule has 4 heteroatoms. The van der Waals surface area contributed by atoms with Gasteiger partial charge in [-0.1, -0.05) is 13.8 Å². The number of rotatable bonds is 4. The zero-order valence-corrected chi connectivity index (χ0v) is 9.05. The van der Waals surface area contributed by atoms with Gasteiger partial charge in [-0.25, -0.2) is 0 Å². The number of carbonyl (C=O) groups is 1. The van der Waals surface area contributed by atoms with Gasteiger partial charge in [0.1, 0.15) is 0 Å². The molecule has 0 aliphatic carbocycles. The van der Waals surface area contributed by atoms with Crippen molar-refractivity contribution < 1.29 is 9.90 Å². The Labute approximate surface area is 80.5 Å². The van der Waals surface area contributed by atoms with Gasteiger partial charge >= 0.3 is 0 Å². The molecule has 0 aliphatic rings. The summed E-state index contributed by atoms with van der Waals surface area (Å²) in [5, 5.41) is 11.1. The lowest BCUT2D eigenvalue weighted by atomic mass is 10.1. The second kappa shape index (κ2) is 8.01. The highest BCUT2D eigenvalue weighted by atomic mass is 16.3. The van der Waals surface area contributed by atoms with Crippen LogP contribution in [0.2, 0.25) is 0 Å². The van der Waals surface area contributed by atoms with Gasteiger partial charge in [-0.2, -0.15) is 0 Å². The SMILES string of the molecule is CC.CC(C)(CN)NC(=O)CCO. The van der Waals surface area contributed by atoms with Crippen LogP contribution in [0.4, 0.5) is 0 Å². The van der Waals surface area contributed by atoms with Crippen LogP contribution in [0.15, 0.2) is 0 Å². The highest BCUT2D eigenvalue weighted by Gasteiger charge is 2.17. The normalized spacial score (nSPS) is 10.0. The third kappa shape index (κ3) is 9.30. The van der Waals surface area contributed by atoms with Gasteiger partial charge in [0.2, 0.25) is 5.91 Å². The molecule has 0 aromatic carbocycles. The van der Waals surface area contributed by atoms with Crippen molar-refractivity contribution in [3.63, 3.8) is 0 Å². The fourth-order valence-electron chi connectivity index (χ4n) is 0.592. The summed E-state index contributed by atoms with van der Waals surface area (Å²) in [6.45, 7) is 7.95. The number of nitrogens with two attached hydrogens (primary N) is 1. The molecule has 4 N–H and O–H groups in total. The minimum atomic E-state index is -0.369. The van der Waals surface area contributed by atoms with E-state index in [-0.39, 0.29) is 24.5 Å². The van der Waals surface area contributed by atoms with Crippen molar-refractivity contribution in [3.8, 4) is 0 Å². The molecule has 13 heavy (non-hydrogen) atoms. The quantitative estimate of drug-likeness (QED) is 0.595. The van der Waals surface area contributed by atoms with Gasteiger partial charge in [-0.15, -0.1) is 0 Å². The number of amides is 1. The Morgan fingerprint density at radius 2 is 1.92 bits per heavy atom. The largest absolute Gasteiger partial charge is 0.396 e. The lowest BCUT2D eigenvalue weighted by molar-refractivity contribution is -0.123. The van der Waals surface area contributed by atoms with E-state index in [1.165, 1.54) is 0 Å². The molecule has 0 fully saturated rings. The standard InChI is InChI=1S/C7H16N2O2.C2H6/c1-7(2,5-8)9-6(11)3-4-10;1-2/h10H,3-5,8H2,1-2H3,(H,9,11);1-2H3. The molecule has 0 saturated heterocycles. The smallest absolute Gasteiger partial charge is 0.222 e. The molecule has 4 nitrogen and oxygen atoms in total. The third-order valence-corrected chi connectivity index (χ3v) is 1.33. The number of nitrogens with one attached hydrogen (secondary N) is 1. The second-order valence-corrected chi connectivity index (χ2v) is 3.11. The zero-order valence-electron chi connectivity index (χ0n) is 9.05. The second-order valence-electron chi connectivity index (χ2n) is 3.11.